The number of hydrogen-bond acceptors (Lipinski definition) is 4. The first-order valence-corrected chi connectivity index (χ1v) is 6.07. The van der Waals surface area contributed by atoms with Gasteiger partial charge in [-0.3, -0.25) is 0 Å². The highest BCUT2D eigenvalue weighted by Gasteiger charge is 2.24. The molecule has 0 saturated carbocycles. The second-order valence-corrected chi connectivity index (χ2v) is 4.38. The van der Waals surface area contributed by atoms with Crippen LogP contribution in [0.25, 0.3) is 0 Å². The fourth-order valence-corrected chi connectivity index (χ4v) is 1.80. The van der Waals surface area contributed by atoms with Gasteiger partial charge in [-0.1, -0.05) is 0 Å². The van der Waals surface area contributed by atoms with Gasteiger partial charge in [-0.2, -0.15) is 0 Å². The first-order chi connectivity index (χ1) is 8.50. The third-order valence-corrected chi connectivity index (χ3v) is 2.81. The number of urea groups is 1. The van der Waals surface area contributed by atoms with E-state index in [0.717, 1.165) is 19.4 Å². The standard InChI is InChI=1S/C11H20N2O5/c1-7(14)9(10(15)16)13-11(17)12-5-4-8-3-2-6-18-8/h7-9,14H,2-6H2,1H3,(H,15,16)(H2,12,13,17). The van der Waals surface area contributed by atoms with Gasteiger partial charge >= 0.3 is 12.0 Å². The molecule has 18 heavy (non-hydrogen) atoms. The molecule has 1 rings (SSSR count). The number of ether oxygens (including phenoxy) is 1. The summed E-state index contributed by atoms with van der Waals surface area (Å²) >= 11 is 0. The van der Waals surface area contributed by atoms with Crippen LogP contribution in [0.2, 0.25) is 0 Å². The van der Waals surface area contributed by atoms with Crippen LogP contribution < -0.4 is 10.6 Å². The number of nitrogens with one attached hydrogen (secondary N) is 2. The molecule has 0 aliphatic carbocycles. The fourth-order valence-electron chi connectivity index (χ4n) is 1.80. The maximum atomic E-state index is 11.4. The summed E-state index contributed by atoms with van der Waals surface area (Å²) < 4.78 is 5.39. The summed E-state index contributed by atoms with van der Waals surface area (Å²) in [4.78, 5) is 22.1. The predicted octanol–water partition coefficient (Wildman–Crippen LogP) is -0.311. The van der Waals surface area contributed by atoms with Crippen molar-refractivity contribution in [3.63, 3.8) is 0 Å². The number of aliphatic hydroxyl groups excluding tert-OH is 1. The molecule has 104 valence electrons. The maximum Gasteiger partial charge on any atom is 0.328 e. The molecular formula is C11H20N2O5. The third kappa shape index (κ3) is 4.89. The Kier molecular flexibility index (Phi) is 5.87. The van der Waals surface area contributed by atoms with Crippen LogP contribution >= 0.6 is 0 Å². The normalized spacial score (nSPS) is 22.2. The average molecular weight is 260 g/mol. The Hall–Kier alpha value is -1.34. The average Bonchev–Trinajstić information content (AvgIpc) is 2.78. The van der Waals surface area contributed by atoms with Gasteiger partial charge in [0.15, 0.2) is 6.04 Å². The van der Waals surface area contributed by atoms with E-state index in [4.69, 9.17) is 9.84 Å². The molecule has 0 aromatic rings. The molecule has 3 atom stereocenters. The Labute approximate surface area is 106 Å². The number of rotatable bonds is 6. The van der Waals surface area contributed by atoms with Crippen LogP contribution in [0.4, 0.5) is 4.79 Å². The van der Waals surface area contributed by atoms with E-state index < -0.39 is 24.1 Å². The van der Waals surface area contributed by atoms with E-state index in [1.165, 1.54) is 6.92 Å². The first kappa shape index (κ1) is 14.7. The van der Waals surface area contributed by atoms with Crippen molar-refractivity contribution < 1.29 is 24.5 Å². The Balaban J connectivity index is 2.21. The summed E-state index contributed by atoms with van der Waals surface area (Å²) in [6.07, 6.45) is 1.78. The lowest BCUT2D eigenvalue weighted by molar-refractivity contribution is -0.141. The second kappa shape index (κ2) is 7.17. The molecule has 2 amide bonds. The van der Waals surface area contributed by atoms with Crippen LogP contribution in [-0.2, 0) is 9.53 Å². The van der Waals surface area contributed by atoms with Gasteiger partial charge in [-0.15, -0.1) is 0 Å². The van der Waals surface area contributed by atoms with Gasteiger partial charge in [-0.25, -0.2) is 9.59 Å². The van der Waals surface area contributed by atoms with Crippen LogP contribution in [0.1, 0.15) is 26.2 Å². The molecule has 0 radical (unpaired) electrons. The van der Waals surface area contributed by atoms with E-state index in [9.17, 15) is 14.7 Å². The van der Waals surface area contributed by atoms with E-state index in [2.05, 4.69) is 10.6 Å². The number of aliphatic carboxylic acids is 1. The number of carbonyl (C=O) groups excluding carboxylic acids is 1. The van der Waals surface area contributed by atoms with Crippen LogP contribution in [0, 0.1) is 0 Å². The van der Waals surface area contributed by atoms with Gasteiger partial charge in [-0.05, 0) is 26.2 Å². The molecule has 1 aliphatic heterocycles. The monoisotopic (exact) mass is 260 g/mol. The molecular weight excluding hydrogens is 240 g/mol. The van der Waals surface area contributed by atoms with Gasteiger partial charge in [0, 0.05) is 13.2 Å². The van der Waals surface area contributed by atoms with Crippen molar-refractivity contribution in [2.24, 2.45) is 0 Å². The first-order valence-electron chi connectivity index (χ1n) is 6.07. The molecule has 0 aromatic carbocycles. The van der Waals surface area contributed by atoms with Crippen molar-refractivity contribution >= 4 is 12.0 Å². The van der Waals surface area contributed by atoms with E-state index >= 15 is 0 Å². The van der Waals surface area contributed by atoms with Crippen LogP contribution in [-0.4, -0.2) is 53.6 Å². The lowest BCUT2D eigenvalue weighted by atomic mass is 10.2. The summed E-state index contributed by atoms with van der Waals surface area (Å²) in [7, 11) is 0. The Bertz CT molecular complexity index is 289. The number of amides is 2. The lowest BCUT2D eigenvalue weighted by Gasteiger charge is -2.17. The summed E-state index contributed by atoms with van der Waals surface area (Å²) in [6.45, 7) is 2.49. The minimum Gasteiger partial charge on any atom is -0.480 e. The maximum absolute atomic E-state index is 11.4. The molecule has 4 N–H and O–H groups in total. The molecule has 1 fully saturated rings. The smallest absolute Gasteiger partial charge is 0.328 e. The van der Waals surface area contributed by atoms with E-state index in [0.29, 0.717) is 13.0 Å². The Morgan fingerprint density at radius 3 is 2.72 bits per heavy atom. The largest absolute Gasteiger partial charge is 0.480 e. The van der Waals surface area contributed by atoms with Crippen molar-refractivity contribution in [1.82, 2.24) is 10.6 Å². The summed E-state index contributed by atoms with van der Waals surface area (Å²) in [6, 6.07) is -1.89. The minimum absolute atomic E-state index is 0.178. The second-order valence-electron chi connectivity index (χ2n) is 4.38. The van der Waals surface area contributed by atoms with Crippen molar-refractivity contribution in [2.75, 3.05) is 13.2 Å². The quantitative estimate of drug-likeness (QED) is 0.524. The number of hydrogen-bond donors (Lipinski definition) is 4. The zero-order valence-electron chi connectivity index (χ0n) is 10.4. The summed E-state index contributed by atoms with van der Waals surface area (Å²) in [5, 5.41) is 22.7. The van der Waals surface area contributed by atoms with E-state index in [-0.39, 0.29) is 6.10 Å². The van der Waals surface area contributed by atoms with Crippen LogP contribution in [0.15, 0.2) is 0 Å². The fraction of sp³-hybridized carbons (Fsp3) is 0.818. The molecule has 0 aromatic heterocycles. The SMILES string of the molecule is CC(O)C(NC(=O)NCCC1CCCO1)C(=O)O. The molecule has 1 aliphatic rings. The Morgan fingerprint density at radius 2 is 2.22 bits per heavy atom. The van der Waals surface area contributed by atoms with Crippen molar-refractivity contribution in [1.29, 1.82) is 0 Å². The van der Waals surface area contributed by atoms with E-state index in [1.54, 1.807) is 0 Å². The van der Waals surface area contributed by atoms with Gasteiger partial charge in [0.05, 0.1) is 12.2 Å². The molecule has 1 saturated heterocycles. The van der Waals surface area contributed by atoms with Crippen molar-refractivity contribution in [3.8, 4) is 0 Å². The number of aliphatic hydroxyl groups is 1. The Morgan fingerprint density at radius 1 is 1.50 bits per heavy atom. The molecule has 0 bridgehead atoms. The zero-order chi connectivity index (χ0) is 13.5. The molecule has 0 spiro atoms. The highest BCUT2D eigenvalue weighted by molar-refractivity contribution is 5.82. The zero-order valence-corrected chi connectivity index (χ0v) is 10.4. The molecule has 1 heterocycles. The minimum atomic E-state index is -1.30. The van der Waals surface area contributed by atoms with Crippen molar-refractivity contribution in [3.05, 3.63) is 0 Å². The highest BCUT2D eigenvalue weighted by atomic mass is 16.5. The van der Waals surface area contributed by atoms with Crippen LogP contribution in [0.5, 0.6) is 0 Å². The number of carboxylic acids is 1. The third-order valence-electron chi connectivity index (χ3n) is 2.81. The van der Waals surface area contributed by atoms with Gasteiger partial charge in [0.2, 0.25) is 0 Å². The molecule has 3 unspecified atom stereocenters. The number of carboxylic acid groups (broad SMARTS) is 1. The van der Waals surface area contributed by atoms with Gasteiger partial charge < -0.3 is 25.6 Å². The predicted molar refractivity (Wildman–Crippen MR) is 63.2 cm³/mol. The van der Waals surface area contributed by atoms with Crippen molar-refractivity contribution in [2.45, 2.75) is 44.4 Å². The summed E-state index contributed by atoms with van der Waals surface area (Å²) in [5.41, 5.74) is 0. The van der Waals surface area contributed by atoms with Gasteiger partial charge in [0.1, 0.15) is 0 Å². The topological polar surface area (TPSA) is 108 Å². The van der Waals surface area contributed by atoms with Crippen LogP contribution in [0.3, 0.4) is 0 Å². The van der Waals surface area contributed by atoms with E-state index in [1.807, 2.05) is 0 Å². The molecule has 7 heteroatoms. The highest BCUT2D eigenvalue weighted by Crippen LogP contribution is 2.14. The number of carbonyl (C=O) groups is 2. The van der Waals surface area contributed by atoms with Gasteiger partial charge in [0.25, 0.3) is 0 Å². The lowest BCUT2D eigenvalue weighted by Crippen LogP contribution is -2.51. The molecule has 7 nitrogen and oxygen atoms in total. The summed E-state index contributed by atoms with van der Waals surface area (Å²) in [5.74, 6) is -1.26.